The molecule has 0 spiro atoms. The monoisotopic (exact) mass is 199 g/mol. The zero-order chi connectivity index (χ0) is 10.5. The molecule has 2 aromatic rings. The maximum absolute atomic E-state index is 4.87. The summed E-state index contributed by atoms with van der Waals surface area (Å²) >= 11 is 0. The van der Waals surface area contributed by atoms with Crippen LogP contribution in [0, 0.1) is 0 Å². The second-order valence-corrected chi connectivity index (χ2v) is 3.25. The second-order valence-electron chi connectivity index (χ2n) is 3.25. The van der Waals surface area contributed by atoms with Gasteiger partial charge in [-0.2, -0.15) is 0 Å². The van der Waals surface area contributed by atoms with Crippen molar-refractivity contribution in [3.05, 3.63) is 54.6 Å². The van der Waals surface area contributed by atoms with Crippen LogP contribution in [-0.2, 0) is 4.84 Å². The molecule has 0 amide bonds. The van der Waals surface area contributed by atoms with Crippen molar-refractivity contribution in [2.24, 2.45) is 0 Å². The van der Waals surface area contributed by atoms with Gasteiger partial charge in [-0.25, -0.2) is 0 Å². The van der Waals surface area contributed by atoms with Gasteiger partial charge in [-0.1, -0.05) is 42.5 Å². The van der Waals surface area contributed by atoms with Crippen LogP contribution in [0.2, 0.25) is 0 Å². The predicted molar refractivity (Wildman–Crippen MR) is 62.5 cm³/mol. The van der Waals surface area contributed by atoms with E-state index in [0.717, 1.165) is 5.69 Å². The highest BCUT2D eigenvalue weighted by molar-refractivity contribution is 5.67. The van der Waals surface area contributed by atoms with Crippen molar-refractivity contribution in [3.63, 3.8) is 0 Å². The van der Waals surface area contributed by atoms with Gasteiger partial charge in [0, 0.05) is 0 Å². The highest BCUT2D eigenvalue weighted by Gasteiger charge is 1.97. The summed E-state index contributed by atoms with van der Waals surface area (Å²) in [5.74, 6) is 0. The first-order valence-electron chi connectivity index (χ1n) is 4.84. The topological polar surface area (TPSA) is 21.3 Å². The first-order valence-corrected chi connectivity index (χ1v) is 4.84. The van der Waals surface area contributed by atoms with Crippen molar-refractivity contribution in [2.45, 2.75) is 0 Å². The van der Waals surface area contributed by atoms with Crippen LogP contribution in [0.3, 0.4) is 0 Å². The minimum absolute atomic E-state index is 0.957. The fourth-order valence-electron chi connectivity index (χ4n) is 1.51. The molecule has 0 saturated heterocycles. The van der Waals surface area contributed by atoms with E-state index in [2.05, 4.69) is 29.7 Å². The van der Waals surface area contributed by atoms with Gasteiger partial charge in [0.25, 0.3) is 0 Å². The van der Waals surface area contributed by atoms with Gasteiger partial charge in [0.1, 0.15) is 0 Å². The summed E-state index contributed by atoms with van der Waals surface area (Å²) in [5, 5.41) is 0. The molecular weight excluding hydrogens is 186 g/mol. The van der Waals surface area contributed by atoms with E-state index in [9.17, 15) is 0 Å². The van der Waals surface area contributed by atoms with Crippen LogP contribution in [0.25, 0.3) is 11.1 Å². The van der Waals surface area contributed by atoms with Crippen LogP contribution < -0.4 is 5.48 Å². The molecule has 15 heavy (non-hydrogen) atoms. The predicted octanol–water partition coefficient (Wildman–Crippen LogP) is 3.33. The molecule has 0 aliphatic rings. The van der Waals surface area contributed by atoms with Crippen molar-refractivity contribution in [3.8, 4) is 11.1 Å². The first-order chi connectivity index (χ1) is 7.40. The number of nitrogens with one attached hydrogen (secondary N) is 1. The number of anilines is 1. The van der Waals surface area contributed by atoms with E-state index in [1.807, 2.05) is 30.3 Å². The molecule has 0 aromatic heterocycles. The molecule has 0 heterocycles. The average molecular weight is 199 g/mol. The largest absolute Gasteiger partial charge is 0.279 e. The Bertz CT molecular complexity index is 426. The molecule has 76 valence electrons. The molecule has 0 unspecified atom stereocenters. The van der Waals surface area contributed by atoms with Crippen molar-refractivity contribution in [2.75, 3.05) is 12.6 Å². The van der Waals surface area contributed by atoms with Crippen LogP contribution in [0.5, 0.6) is 0 Å². The summed E-state index contributed by atoms with van der Waals surface area (Å²) in [6, 6.07) is 18.4. The van der Waals surface area contributed by atoms with Crippen molar-refractivity contribution in [1.82, 2.24) is 0 Å². The zero-order valence-electron chi connectivity index (χ0n) is 8.60. The lowest BCUT2D eigenvalue weighted by Gasteiger charge is -2.05. The minimum atomic E-state index is 0.957. The number of hydrogen-bond donors (Lipinski definition) is 1. The molecular formula is C13H13NO. The second kappa shape index (κ2) is 4.62. The summed E-state index contributed by atoms with van der Waals surface area (Å²) in [7, 11) is 1.61. The lowest BCUT2D eigenvalue weighted by Crippen LogP contribution is -1.94. The molecule has 0 saturated carbocycles. The lowest BCUT2D eigenvalue weighted by atomic mass is 10.1. The Morgan fingerprint density at radius 3 is 2.33 bits per heavy atom. The van der Waals surface area contributed by atoms with Crippen LogP contribution in [0.15, 0.2) is 54.6 Å². The number of rotatable bonds is 3. The lowest BCUT2D eigenvalue weighted by molar-refractivity contribution is 0.271. The minimum Gasteiger partial charge on any atom is -0.279 e. The summed E-state index contributed by atoms with van der Waals surface area (Å²) in [4.78, 5) is 4.87. The van der Waals surface area contributed by atoms with Crippen LogP contribution in [-0.4, -0.2) is 7.11 Å². The summed E-state index contributed by atoms with van der Waals surface area (Å²) in [5.41, 5.74) is 6.16. The van der Waals surface area contributed by atoms with Gasteiger partial charge in [-0.15, -0.1) is 0 Å². The fourth-order valence-corrected chi connectivity index (χ4v) is 1.51. The first kappa shape index (κ1) is 9.74. The fraction of sp³-hybridized carbons (Fsp3) is 0.0769. The van der Waals surface area contributed by atoms with Gasteiger partial charge in [0.2, 0.25) is 0 Å². The van der Waals surface area contributed by atoms with Crippen LogP contribution in [0.4, 0.5) is 5.69 Å². The van der Waals surface area contributed by atoms with Crippen molar-refractivity contribution < 1.29 is 4.84 Å². The summed E-state index contributed by atoms with van der Waals surface area (Å²) in [6.45, 7) is 0. The van der Waals surface area contributed by atoms with Crippen molar-refractivity contribution in [1.29, 1.82) is 0 Å². The third-order valence-electron chi connectivity index (χ3n) is 2.19. The number of hydrogen-bond acceptors (Lipinski definition) is 2. The molecule has 2 heteroatoms. The van der Waals surface area contributed by atoms with Gasteiger partial charge >= 0.3 is 0 Å². The van der Waals surface area contributed by atoms with E-state index >= 15 is 0 Å². The Labute approximate surface area is 89.5 Å². The van der Waals surface area contributed by atoms with E-state index in [0.29, 0.717) is 0 Å². The molecule has 0 radical (unpaired) electrons. The molecule has 2 rings (SSSR count). The maximum Gasteiger partial charge on any atom is 0.0636 e. The molecule has 0 atom stereocenters. The van der Waals surface area contributed by atoms with E-state index in [-0.39, 0.29) is 0 Å². The van der Waals surface area contributed by atoms with Gasteiger partial charge in [-0.05, 0) is 23.3 Å². The molecule has 0 aliphatic heterocycles. The Hall–Kier alpha value is -1.80. The van der Waals surface area contributed by atoms with E-state index in [4.69, 9.17) is 4.84 Å². The Morgan fingerprint density at radius 1 is 0.867 bits per heavy atom. The molecule has 0 bridgehead atoms. The zero-order valence-corrected chi connectivity index (χ0v) is 8.60. The standard InChI is InChI=1S/C13H13NO/c1-15-14-13-9-5-8-12(10-13)11-6-3-2-4-7-11/h2-10,14H,1H3. The summed E-state index contributed by atoms with van der Waals surface area (Å²) in [6.07, 6.45) is 0. The highest BCUT2D eigenvalue weighted by Crippen LogP contribution is 2.21. The van der Waals surface area contributed by atoms with Gasteiger partial charge in [0.05, 0.1) is 12.8 Å². The maximum atomic E-state index is 4.87. The molecule has 0 aliphatic carbocycles. The van der Waals surface area contributed by atoms with Crippen LogP contribution >= 0.6 is 0 Å². The van der Waals surface area contributed by atoms with Gasteiger partial charge in [-0.3, -0.25) is 10.3 Å². The highest BCUT2D eigenvalue weighted by atomic mass is 16.6. The number of benzene rings is 2. The Kier molecular flexibility index (Phi) is 3.00. The van der Waals surface area contributed by atoms with Crippen molar-refractivity contribution >= 4 is 5.69 Å². The smallest absolute Gasteiger partial charge is 0.0636 e. The summed E-state index contributed by atoms with van der Waals surface area (Å²) < 4.78 is 0. The molecule has 0 fully saturated rings. The molecule has 2 aromatic carbocycles. The average Bonchev–Trinajstić information content (AvgIpc) is 2.31. The Balaban J connectivity index is 2.33. The Morgan fingerprint density at radius 2 is 1.60 bits per heavy atom. The third kappa shape index (κ3) is 2.36. The molecule has 2 nitrogen and oxygen atoms in total. The van der Waals surface area contributed by atoms with E-state index in [1.165, 1.54) is 11.1 Å². The van der Waals surface area contributed by atoms with E-state index in [1.54, 1.807) is 7.11 Å². The van der Waals surface area contributed by atoms with Crippen LogP contribution in [0.1, 0.15) is 0 Å². The quantitative estimate of drug-likeness (QED) is 0.765. The van der Waals surface area contributed by atoms with Gasteiger partial charge < -0.3 is 0 Å². The third-order valence-corrected chi connectivity index (χ3v) is 2.19. The molecule has 1 N–H and O–H groups in total. The van der Waals surface area contributed by atoms with Gasteiger partial charge in [0.15, 0.2) is 0 Å². The SMILES string of the molecule is CONc1cccc(-c2ccccc2)c1. The normalized spacial score (nSPS) is 9.93. The van der Waals surface area contributed by atoms with E-state index < -0.39 is 0 Å².